The summed E-state index contributed by atoms with van der Waals surface area (Å²) >= 11 is 0. The Balaban J connectivity index is 2.03. The Morgan fingerprint density at radius 3 is 2.60 bits per heavy atom. The maximum absolute atomic E-state index is 12.6. The monoisotopic (exact) mass is 276 g/mol. The molecule has 20 heavy (non-hydrogen) atoms. The normalized spacial score (nSPS) is 22.2. The largest absolute Gasteiger partial charge is 0.364 e. The molecule has 0 aromatic heterocycles. The van der Waals surface area contributed by atoms with E-state index in [1.807, 2.05) is 49.1 Å². The Kier molecular flexibility index (Phi) is 5.15. The molecule has 0 radical (unpaired) electrons. The van der Waals surface area contributed by atoms with E-state index in [0.29, 0.717) is 13.1 Å². The SMILES string of the molecule is CC(C)N(Cc1ccccc1)C(=O)C1CCC(CN)O1. The second kappa shape index (κ2) is 6.86. The molecular weight excluding hydrogens is 252 g/mol. The summed E-state index contributed by atoms with van der Waals surface area (Å²) in [6.45, 7) is 5.20. The minimum atomic E-state index is -0.324. The van der Waals surface area contributed by atoms with Crippen molar-refractivity contribution in [2.75, 3.05) is 6.54 Å². The van der Waals surface area contributed by atoms with Crippen molar-refractivity contribution in [1.29, 1.82) is 0 Å². The number of hydrogen-bond acceptors (Lipinski definition) is 3. The molecule has 0 spiro atoms. The minimum Gasteiger partial charge on any atom is -0.364 e. The van der Waals surface area contributed by atoms with Crippen LogP contribution in [0, 0.1) is 0 Å². The number of hydrogen-bond donors (Lipinski definition) is 1. The van der Waals surface area contributed by atoms with Crippen molar-refractivity contribution in [2.45, 2.75) is 51.5 Å². The standard InChI is InChI=1S/C16H24N2O2/c1-12(2)18(11-13-6-4-3-5-7-13)16(19)15-9-8-14(10-17)20-15/h3-7,12,14-15H,8-11,17H2,1-2H3. The molecule has 4 heteroatoms. The summed E-state index contributed by atoms with van der Waals surface area (Å²) in [5.74, 6) is 0.0832. The van der Waals surface area contributed by atoms with Crippen LogP contribution in [0.2, 0.25) is 0 Å². The number of ether oxygens (including phenoxy) is 1. The lowest BCUT2D eigenvalue weighted by molar-refractivity contribution is -0.145. The first-order valence-corrected chi connectivity index (χ1v) is 7.31. The topological polar surface area (TPSA) is 55.6 Å². The molecule has 0 saturated carbocycles. The number of nitrogens with two attached hydrogens (primary N) is 1. The van der Waals surface area contributed by atoms with Crippen molar-refractivity contribution in [3.63, 3.8) is 0 Å². The molecule has 1 aliphatic heterocycles. The molecule has 2 atom stereocenters. The molecule has 0 bridgehead atoms. The van der Waals surface area contributed by atoms with Gasteiger partial charge in [0.05, 0.1) is 6.10 Å². The number of carbonyl (C=O) groups excluding carboxylic acids is 1. The lowest BCUT2D eigenvalue weighted by Gasteiger charge is -2.29. The van der Waals surface area contributed by atoms with Crippen LogP contribution in [0.5, 0.6) is 0 Å². The Hall–Kier alpha value is -1.39. The van der Waals surface area contributed by atoms with Crippen LogP contribution in [0.1, 0.15) is 32.3 Å². The Morgan fingerprint density at radius 1 is 1.35 bits per heavy atom. The molecule has 110 valence electrons. The average molecular weight is 276 g/mol. The summed E-state index contributed by atoms with van der Waals surface area (Å²) in [6.07, 6.45) is 1.37. The van der Waals surface area contributed by atoms with E-state index in [9.17, 15) is 4.79 Å². The summed E-state index contributed by atoms with van der Waals surface area (Å²) in [6, 6.07) is 10.2. The van der Waals surface area contributed by atoms with E-state index in [0.717, 1.165) is 18.4 Å². The van der Waals surface area contributed by atoms with Crippen LogP contribution in [0.15, 0.2) is 30.3 Å². The van der Waals surface area contributed by atoms with E-state index < -0.39 is 0 Å². The van der Waals surface area contributed by atoms with Crippen molar-refractivity contribution >= 4 is 5.91 Å². The second-order valence-corrected chi connectivity index (χ2v) is 5.61. The molecular formula is C16H24N2O2. The summed E-state index contributed by atoms with van der Waals surface area (Å²) < 4.78 is 5.72. The van der Waals surface area contributed by atoms with Gasteiger partial charge in [0.2, 0.25) is 0 Å². The van der Waals surface area contributed by atoms with Gasteiger partial charge < -0.3 is 15.4 Å². The second-order valence-electron chi connectivity index (χ2n) is 5.61. The van der Waals surface area contributed by atoms with Gasteiger partial charge in [-0.1, -0.05) is 30.3 Å². The van der Waals surface area contributed by atoms with Crippen LogP contribution in [0.25, 0.3) is 0 Å². The highest BCUT2D eigenvalue weighted by Crippen LogP contribution is 2.22. The number of rotatable bonds is 5. The first-order valence-electron chi connectivity index (χ1n) is 7.31. The third kappa shape index (κ3) is 3.58. The van der Waals surface area contributed by atoms with Crippen LogP contribution in [-0.4, -0.2) is 35.6 Å². The molecule has 1 aromatic carbocycles. The molecule has 2 N–H and O–H groups in total. The molecule has 0 aliphatic carbocycles. The smallest absolute Gasteiger partial charge is 0.252 e. The first-order chi connectivity index (χ1) is 9.61. The summed E-state index contributed by atoms with van der Waals surface area (Å²) in [7, 11) is 0. The highest BCUT2D eigenvalue weighted by Gasteiger charge is 2.33. The zero-order chi connectivity index (χ0) is 14.5. The average Bonchev–Trinajstić information content (AvgIpc) is 2.94. The molecule has 4 nitrogen and oxygen atoms in total. The van der Waals surface area contributed by atoms with Gasteiger partial charge in [-0.05, 0) is 32.3 Å². The van der Waals surface area contributed by atoms with Gasteiger partial charge in [0.15, 0.2) is 0 Å². The number of nitrogens with zero attached hydrogens (tertiary/aromatic N) is 1. The highest BCUT2D eigenvalue weighted by molar-refractivity contribution is 5.81. The van der Waals surface area contributed by atoms with Gasteiger partial charge in [0.1, 0.15) is 6.10 Å². The molecule has 1 aromatic rings. The van der Waals surface area contributed by atoms with Crippen molar-refractivity contribution in [2.24, 2.45) is 5.73 Å². The predicted molar refractivity (Wildman–Crippen MR) is 79.1 cm³/mol. The number of carbonyl (C=O) groups is 1. The van der Waals surface area contributed by atoms with Gasteiger partial charge >= 0.3 is 0 Å². The Morgan fingerprint density at radius 2 is 2.05 bits per heavy atom. The molecule has 2 rings (SSSR count). The van der Waals surface area contributed by atoms with E-state index in [1.54, 1.807) is 0 Å². The highest BCUT2D eigenvalue weighted by atomic mass is 16.5. The Labute approximate surface area is 120 Å². The zero-order valence-electron chi connectivity index (χ0n) is 12.3. The van der Waals surface area contributed by atoms with Gasteiger partial charge in [0.25, 0.3) is 5.91 Å². The fourth-order valence-corrected chi connectivity index (χ4v) is 2.54. The van der Waals surface area contributed by atoms with Crippen LogP contribution >= 0.6 is 0 Å². The summed E-state index contributed by atoms with van der Waals surface area (Å²) in [5, 5.41) is 0. The molecule has 1 saturated heterocycles. The van der Waals surface area contributed by atoms with Gasteiger partial charge in [-0.25, -0.2) is 0 Å². The van der Waals surface area contributed by atoms with E-state index in [4.69, 9.17) is 10.5 Å². The lowest BCUT2D eigenvalue weighted by Crippen LogP contribution is -2.43. The fourth-order valence-electron chi connectivity index (χ4n) is 2.54. The van der Waals surface area contributed by atoms with Crippen LogP contribution < -0.4 is 5.73 Å². The van der Waals surface area contributed by atoms with Gasteiger partial charge in [-0.2, -0.15) is 0 Å². The molecule has 2 unspecified atom stereocenters. The van der Waals surface area contributed by atoms with Crippen LogP contribution in [0.4, 0.5) is 0 Å². The van der Waals surface area contributed by atoms with Crippen molar-refractivity contribution < 1.29 is 9.53 Å². The maximum atomic E-state index is 12.6. The molecule has 1 heterocycles. The summed E-state index contributed by atoms with van der Waals surface area (Å²) in [5.41, 5.74) is 6.75. The van der Waals surface area contributed by atoms with E-state index in [2.05, 4.69) is 0 Å². The maximum Gasteiger partial charge on any atom is 0.252 e. The quantitative estimate of drug-likeness (QED) is 0.894. The van der Waals surface area contributed by atoms with Crippen molar-refractivity contribution in [3.05, 3.63) is 35.9 Å². The fraction of sp³-hybridized carbons (Fsp3) is 0.562. The van der Waals surface area contributed by atoms with Gasteiger partial charge in [-0.15, -0.1) is 0 Å². The molecule has 1 aliphatic rings. The van der Waals surface area contributed by atoms with Crippen molar-refractivity contribution in [1.82, 2.24) is 4.90 Å². The Bertz CT molecular complexity index is 433. The van der Waals surface area contributed by atoms with Crippen molar-refractivity contribution in [3.8, 4) is 0 Å². The minimum absolute atomic E-state index is 0.0367. The van der Waals surface area contributed by atoms with Gasteiger partial charge in [-0.3, -0.25) is 4.79 Å². The van der Waals surface area contributed by atoms with Crippen LogP contribution in [-0.2, 0) is 16.1 Å². The van der Waals surface area contributed by atoms with E-state index in [1.165, 1.54) is 0 Å². The zero-order valence-corrected chi connectivity index (χ0v) is 12.3. The molecule has 1 amide bonds. The predicted octanol–water partition coefficient (Wildman–Crippen LogP) is 1.93. The summed E-state index contributed by atoms with van der Waals surface area (Å²) in [4.78, 5) is 14.5. The first kappa shape index (κ1) is 15.0. The van der Waals surface area contributed by atoms with E-state index >= 15 is 0 Å². The third-order valence-electron chi connectivity index (χ3n) is 3.75. The van der Waals surface area contributed by atoms with Crippen LogP contribution in [0.3, 0.4) is 0 Å². The lowest BCUT2D eigenvalue weighted by atomic mass is 10.1. The third-order valence-corrected chi connectivity index (χ3v) is 3.75. The van der Waals surface area contributed by atoms with E-state index in [-0.39, 0.29) is 24.2 Å². The molecule has 1 fully saturated rings. The van der Waals surface area contributed by atoms with Gasteiger partial charge in [0, 0.05) is 19.1 Å². The number of benzene rings is 1. The number of amides is 1.